The van der Waals surface area contributed by atoms with Crippen molar-refractivity contribution in [2.24, 2.45) is 28.6 Å². The Bertz CT molecular complexity index is 759. The second-order valence-electron chi connectivity index (χ2n) is 9.97. The predicted molar refractivity (Wildman–Crippen MR) is 108 cm³/mol. The highest BCUT2D eigenvalue weighted by Crippen LogP contribution is 2.66. The highest BCUT2D eigenvalue weighted by molar-refractivity contribution is 5.72. The molecule has 1 amide bonds. The second kappa shape index (κ2) is 6.18. The molecule has 3 heteroatoms. The fourth-order valence-electron chi connectivity index (χ4n) is 7.79. The molecule has 1 aliphatic heterocycles. The first-order valence-corrected chi connectivity index (χ1v) is 10.9. The largest absolute Gasteiger partial charge is 0.342 e. The summed E-state index contributed by atoms with van der Waals surface area (Å²) in [5, 5.41) is 0. The molecule has 3 aliphatic carbocycles. The van der Waals surface area contributed by atoms with Gasteiger partial charge in [0, 0.05) is 25.0 Å². The highest BCUT2D eigenvalue weighted by atomic mass is 16.1. The number of piperidine rings is 1. The Labute approximate surface area is 163 Å². The summed E-state index contributed by atoms with van der Waals surface area (Å²) in [4.78, 5) is 18.2. The van der Waals surface area contributed by atoms with Crippen LogP contribution in [0.4, 0.5) is 0 Å². The first-order chi connectivity index (χ1) is 13.1. The van der Waals surface area contributed by atoms with Crippen molar-refractivity contribution in [3.63, 3.8) is 0 Å². The van der Waals surface area contributed by atoms with E-state index in [-0.39, 0.29) is 0 Å². The third-order valence-electron chi connectivity index (χ3n) is 9.04. The highest BCUT2D eigenvalue weighted by Gasteiger charge is 2.59. The Morgan fingerprint density at radius 3 is 2.85 bits per heavy atom. The Balaban J connectivity index is 1.45. The fraction of sp³-hybridized carbons (Fsp3) is 0.667. The van der Waals surface area contributed by atoms with Crippen LogP contribution in [-0.2, 0) is 4.79 Å². The molecule has 4 aliphatic rings. The van der Waals surface area contributed by atoms with E-state index in [9.17, 15) is 4.79 Å². The van der Waals surface area contributed by atoms with Gasteiger partial charge in [-0.15, -0.1) is 0 Å². The molecule has 144 valence electrons. The van der Waals surface area contributed by atoms with E-state index in [0.29, 0.717) is 16.9 Å². The van der Waals surface area contributed by atoms with Crippen LogP contribution in [0.1, 0.15) is 64.4 Å². The van der Waals surface area contributed by atoms with Gasteiger partial charge in [-0.2, -0.15) is 0 Å². The third-order valence-corrected chi connectivity index (χ3v) is 9.04. The third kappa shape index (κ3) is 2.39. The maximum Gasteiger partial charge on any atom is 0.209 e. The smallest absolute Gasteiger partial charge is 0.209 e. The Hall–Kier alpha value is -1.64. The standard InChI is InChI=1S/C24H32N2O/c1-23-12-10-21-18(6-9-22-24(21,2)11-4-14-26(22)16-27)20(23)8-7-19(23)17-5-3-13-25-15-17/h3,5,7,13,15-16,18,20-22H,4,6,8-12,14H2,1-2H3/t18-,20?,21?,22?,23+,24+/m0/s1. The number of pyridine rings is 1. The molecule has 5 rings (SSSR count). The number of likely N-dealkylation sites (tertiary alicyclic amines) is 1. The van der Waals surface area contributed by atoms with Crippen molar-refractivity contribution in [1.82, 2.24) is 9.88 Å². The lowest BCUT2D eigenvalue weighted by Crippen LogP contribution is -2.60. The maximum atomic E-state index is 11.7. The number of carbonyl (C=O) groups excluding carboxylic acids is 1. The van der Waals surface area contributed by atoms with Crippen LogP contribution in [0.2, 0.25) is 0 Å². The number of amides is 1. The van der Waals surface area contributed by atoms with E-state index in [1.54, 1.807) is 5.57 Å². The molecule has 0 N–H and O–H groups in total. The van der Waals surface area contributed by atoms with Gasteiger partial charge < -0.3 is 4.90 Å². The summed E-state index contributed by atoms with van der Waals surface area (Å²) < 4.78 is 0. The summed E-state index contributed by atoms with van der Waals surface area (Å²) >= 11 is 0. The van der Waals surface area contributed by atoms with Crippen molar-refractivity contribution < 1.29 is 4.79 Å². The average Bonchev–Trinajstić information content (AvgIpc) is 3.05. The van der Waals surface area contributed by atoms with Gasteiger partial charge in [0.1, 0.15) is 0 Å². The van der Waals surface area contributed by atoms with Crippen LogP contribution in [-0.4, -0.2) is 28.9 Å². The number of nitrogens with zero attached hydrogens (tertiary/aromatic N) is 2. The Morgan fingerprint density at radius 1 is 1.19 bits per heavy atom. The van der Waals surface area contributed by atoms with Gasteiger partial charge in [-0.3, -0.25) is 9.78 Å². The van der Waals surface area contributed by atoms with Gasteiger partial charge in [0.25, 0.3) is 0 Å². The van der Waals surface area contributed by atoms with Gasteiger partial charge in [-0.05, 0) is 90.7 Å². The summed E-state index contributed by atoms with van der Waals surface area (Å²) in [6, 6.07) is 4.78. The van der Waals surface area contributed by atoms with Crippen molar-refractivity contribution in [2.75, 3.05) is 6.54 Å². The van der Waals surface area contributed by atoms with E-state index in [2.05, 4.69) is 41.9 Å². The molecule has 6 atom stereocenters. The Kier molecular flexibility index (Phi) is 4.00. The quantitative estimate of drug-likeness (QED) is 0.697. The number of carbonyl (C=O) groups is 1. The fourth-order valence-corrected chi connectivity index (χ4v) is 7.79. The molecule has 1 aromatic rings. The molecular weight excluding hydrogens is 332 g/mol. The van der Waals surface area contributed by atoms with Gasteiger partial charge in [0.05, 0.1) is 0 Å². The molecule has 3 nitrogen and oxygen atoms in total. The van der Waals surface area contributed by atoms with E-state index in [4.69, 9.17) is 0 Å². The second-order valence-corrected chi connectivity index (χ2v) is 9.97. The van der Waals surface area contributed by atoms with Gasteiger partial charge >= 0.3 is 0 Å². The van der Waals surface area contributed by atoms with Crippen molar-refractivity contribution in [3.05, 3.63) is 36.2 Å². The van der Waals surface area contributed by atoms with Crippen molar-refractivity contribution in [2.45, 2.75) is 64.8 Å². The number of aromatic nitrogens is 1. The summed E-state index contributed by atoms with van der Waals surface area (Å²) in [5.74, 6) is 2.34. The minimum absolute atomic E-state index is 0.298. The van der Waals surface area contributed by atoms with Crippen LogP contribution in [0.25, 0.3) is 5.57 Å². The molecule has 27 heavy (non-hydrogen) atoms. The summed E-state index contributed by atoms with van der Waals surface area (Å²) in [7, 11) is 0. The zero-order chi connectivity index (χ0) is 18.6. The minimum Gasteiger partial charge on any atom is -0.342 e. The van der Waals surface area contributed by atoms with Crippen molar-refractivity contribution in [3.8, 4) is 0 Å². The number of rotatable bonds is 2. The first-order valence-electron chi connectivity index (χ1n) is 10.9. The van der Waals surface area contributed by atoms with E-state index in [1.807, 2.05) is 12.4 Å². The van der Waals surface area contributed by atoms with Gasteiger partial charge in [0.2, 0.25) is 6.41 Å². The number of allylic oxidation sites excluding steroid dienone is 2. The molecule has 1 aromatic heterocycles. The van der Waals surface area contributed by atoms with E-state index in [0.717, 1.165) is 30.7 Å². The topological polar surface area (TPSA) is 33.2 Å². The van der Waals surface area contributed by atoms with Crippen molar-refractivity contribution >= 4 is 12.0 Å². The van der Waals surface area contributed by atoms with Crippen LogP contribution in [0.5, 0.6) is 0 Å². The first kappa shape index (κ1) is 17.5. The SMILES string of the molecule is C[C@]12CCCN(C=O)C1CC[C@@H]1C2CC[C@]2(C)C(c3cccnc3)=CCC12. The van der Waals surface area contributed by atoms with E-state index in [1.165, 1.54) is 50.5 Å². The average molecular weight is 365 g/mol. The lowest BCUT2D eigenvalue weighted by Gasteiger charge is -2.61. The van der Waals surface area contributed by atoms with E-state index >= 15 is 0 Å². The molecule has 0 aromatic carbocycles. The minimum atomic E-state index is 0.298. The van der Waals surface area contributed by atoms with Crippen LogP contribution in [0.15, 0.2) is 30.6 Å². The zero-order valence-electron chi connectivity index (χ0n) is 16.7. The Morgan fingerprint density at radius 2 is 2.07 bits per heavy atom. The number of hydrogen-bond acceptors (Lipinski definition) is 2. The summed E-state index contributed by atoms with van der Waals surface area (Å²) in [6.07, 6.45) is 16.4. The molecule has 3 unspecified atom stereocenters. The maximum absolute atomic E-state index is 11.7. The number of fused-ring (bicyclic) bond motifs is 5. The normalized spacial score (nSPS) is 43.3. The lowest BCUT2D eigenvalue weighted by molar-refractivity contribution is -0.142. The monoisotopic (exact) mass is 364 g/mol. The van der Waals surface area contributed by atoms with Gasteiger partial charge in [-0.25, -0.2) is 0 Å². The van der Waals surface area contributed by atoms with Crippen LogP contribution >= 0.6 is 0 Å². The molecule has 0 bridgehead atoms. The van der Waals surface area contributed by atoms with Gasteiger partial charge in [0.15, 0.2) is 0 Å². The number of hydrogen-bond donors (Lipinski definition) is 0. The molecule has 2 saturated carbocycles. The predicted octanol–water partition coefficient (Wildman–Crippen LogP) is 4.94. The molecule has 0 spiro atoms. The molecule has 0 radical (unpaired) electrons. The molecule has 2 heterocycles. The van der Waals surface area contributed by atoms with E-state index < -0.39 is 0 Å². The summed E-state index contributed by atoms with van der Waals surface area (Å²) in [6.45, 7) is 6.00. The summed E-state index contributed by atoms with van der Waals surface area (Å²) in [5.41, 5.74) is 3.49. The van der Waals surface area contributed by atoms with Crippen LogP contribution in [0.3, 0.4) is 0 Å². The van der Waals surface area contributed by atoms with Crippen LogP contribution in [0, 0.1) is 28.6 Å². The zero-order valence-corrected chi connectivity index (χ0v) is 16.7. The molecular formula is C24H32N2O. The molecule has 3 fully saturated rings. The van der Waals surface area contributed by atoms with Gasteiger partial charge in [-0.1, -0.05) is 26.0 Å². The van der Waals surface area contributed by atoms with Crippen molar-refractivity contribution in [1.29, 1.82) is 0 Å². The molecule has 1 saturated heterocycles. The van der Waals surface area contributed by atoms with Crippen LogP contribution < -0.4 is 0 Å². The lowest BCUT2D eigenvalue weighted by atomic mass is 9.46.